The highest BCUT2D eigenvalue weighted by atomic mass is 35.5. The Balaban J connectivity index is 2.66. The Morgan fingerprint density at radius 2 is 1.94 bits per heavy atom. The summed E-state index contributed by atoms with van der Waals surface area (Å²) in [5, 5.41) is 10.5. The summed E-state index contributed by atoms with van der Waals surface area (Å²) >= 11 is 7.58. The lowest BCUT2D eigenvalue weighted by Gasteiger charge is -2.26. The fraction of sp³-hybridized carbons (Fsp3) is 0.571. The minimum atomic E-state index is -0.336. The third-order valence-electron chi connectivity index (χ3n) is 2.81. The van der Waals surface area contributed by atoms with Gasteiger partial charge in [-0.05, 0) is 24.5 Å². The zero-order valence-electron chi connectivity index (χ0n) is 10.5. The van der Waals surface area contributed by atoms with Crippen LogP contribution in [0.2, 0.25) is 0 Å². The molecule has 1 aromatic rings. The van der Waals surface area contributed by atoms with E-state index in [2.05, 4.69) is 19.1 Å². The highest BCUT2D eigenvalue weighted by Gasteiger charge is 2.24. The van der Waals surface area contributed by atoms with E-state index in [-0.39, 0.29) is 17.3 Å². The van der Waals surface area contributed by atoms with Crippen molar-refractivity contribution in [1.82, 2.24) is 0 Å². The van der Waals surface area contributed by atoms with Crippen LogP contribution < -0.4 is 0 Å². The largest absolute Gasteiger partial charge is 0.392 e. The fourth-order valence-electron chi connectivity index (χ4n) is 1.72. The molecule has 3 heteroatoms. The third kappa shape index (κ3) is 4.90. The molecule has 0 heterocycles. The zero-order chi connectivity index (χ0) is 12.7. The zero-order valence-corrected chi connectivity index (χ0v) is 12.0. The molecule has 1 aromatic carbocycles. The van der Waals surface area contributed by atoms with Crippen LogP contribution in [0, 0.1) is 5.92 Å². The van der Waals surface area contributed by atoms with Crippen molar-refractivity contribution in [3.63, 3.8) is 0 Å². The van der Waals surface area contributed by atoms with Crippen LogP contribution in [0.3, 0.4) is 0 Å². The van der Waals surface area contributed by atoms with Gasteiger partial charge >= 0.3 is 0 Å². The van der Waals surface area contributed by atoms with Gasteiger partial charge in [0.05, 0.1) is 6.10 Å². The van der Waals surface area contributed by atoms with Gasteiger partial charge in [-0.25, -0.2) is 0 Å². The molecular formula is C14H21ClOS. The topological polar surface area (TPSA) is 20.2 Å². The van der Waals surface area contributed by atoms with E-state index in [1.54, 1.807) is 11.8 Å². The molecule has 0 aromatic heterocycles. The summed E-state index contributed by atoms with van der Waals surface area (Å²) in [4.78, 5) is 1.21. The summed E-state index contributed by atoms with van der Waals surface area (Å²) in [5.41, 5.74) is 0. The van der Waals surface area contributed by atoms with Crippen LogP contribution in [0.25, 0.3) is 0 Å². The minimum absolute atomic E-state index is 0.143. The second-order valence-corrected chi connectivity index (χ2v) is 6.00. The minimum Gasteiger partial charge on any atom is -0.392 e. The van der Waals surface area contributed by atoms with Gasteiger partial charge in [-0.2, -0.15) is 0 Å². The molecule has 0 radical (unpaired) electrons. The quantitative estimate of drug-likeness (QED) is 0.593. The van der Waals surface area contributed by atoms with E-state index < -0.39 is 0 Å². The van der Waals surface area contributed by atoms with E-state index in [0.29, 0.717) is 5.88 Å². The number of hydrogen-bond donors (Lipinski definition) is 1. The van der Waals surface area contributed by atoms with Crippen molar-refractivity contribution in [3.8, 4) is 0 Å². The van der Waals surface area contributed by atoms with Crippen molar-refractivity contribution in [3.05, 3.63) is 30.3 Å². The van der Waals surface area contributed by atoms with E-state index in [4.69, 9.17) is 11.6 Å². The Morgan fingerprint density at radius 1 is 1.29 bits per heavy atom. The van der Waals surface area contributed by atoms with Crippen LogP contribution in [0.15, 0.2) is 35.2 Å². The molecule has 0 fully saturated rings. The molecule has 0 aliphatic carbocycles. The number of rotatable bonds is 7. The molecule has 1 N–H and O–H groups in total. The molecule has 0 aliphatic rings. The number of aliphatic hydroxyl groups excluding tert-OH is 1. The van der Waals surface area contributed by atoms with Gasteiger partial charge in [0.15, 0.2) is 0 Å². The monoisotopic (exact) mass is 272 g/mol. The van der Waals surface area contributed by atoms with E-state index in [1.807, 2.05) is 25.1 Å². The number of halogens is 1. The maximum Gasteiger partial charge on any atom is 0.0699 e. The number of hydrogen-bond acceptors (Lipinski definition) is 2. The molecule has 1 rings (SSSR count). The molecule has 0 bridgehead atoms. The first-order chi connectivity index (χ1) is 8.19. The normalized spacial score (nSPS) is 16.5. The van der Waals surface area contributed by atoms with Gasteiger partial charge < -0.3 is 5.11 Å². The van der Waals surface area contributed by atoms with Crippen LogP contribution in [0.1, 0.15) is 26.7 Å². The summed E-state index contributed by atoms with van der Waals surface area (Å²) in [5.74, 6) is 0.654. The smallest absolute Gasteiger partial charge is 0.0699 e. The van der Waals surface area contributed by atoms with Gasteiger partial charge in [-0.15, -0.1) is 23.4 Å². The fourth-order valence-corrected chi connectivity index (χ4v) is 3.32. The summed E-state index contributed by atoms with van der Waals surface area (Å²) in [6.07, 6.45) is 1.76. The Kier molecular flexibility index (Phi) is 7.02. The van der Waals surface area contributed by atoms with E-state index >= 15 is 0 Å². The van der Waals surface area contributed by atoms with Gasteiger partial charge in [0.2, 0.25) is 0 Å². The molecule has 0 saturated carbocycles. The summed E-state index contributed by atoms with van der Waals surface area (Å²) < 4.78 is 0. The van der Waals surface area contributed by atoms with Crippen LogP contribution in [-0.2, 0) is 0 Å². The van der Waals surface area contributed by atoms with Crippen molar-refractivity contribution >= 4 is 23.4 Å². The average molecular weight is 273 g/mol. The molecule has 3 atom stereocenters. The van der Waals surface area contributed by atoms with Crippen LogP contribution in [-0.4, -0.2) is 22.3 Å². The maximum absolute atomic E-state index is 10.3. The number of benzene rings is 1. The third-order valence-corrected chi connectivity index (χ3v) is 4.66. The van der Waals surface area contributed by atoms with Gasteiger partial charge in [-0.3, -0.25) is 0 Å². The van der Waals surface area contributed by atoms with Gasteiger partial charge in [0.25, 0.3) is 0 Å². The molecule has 0 saturated heterocycles. The van der Waals surface area contributed by atoms with Crippen molar-refractivity contribution < 1.29 is 5.11 Å². The first-order valence-corrected chi connectivity index (χ1v) is 7.56. The molecule has 0 aliphatic heterocycles. The number of aliphatic hydroxyl groups is 1. The number of alkyl halides is 1. The van der Waals surface area contributed by atoms with Crippen molar-refractivity contribution in [2.24, 2.45) is 5.92 Å². The molecule has 17 heavy (non-hydrogen) atoms. The van der Waals surface area contributed by atoms with E-state index in [0.717, 1.165) is 12.8 Å². The summed E-state index contributed by atoms with van der Waals surface area (Å²) in [7, 11) is 0. The van der Waals surface area contributed by atoms with E-state index in [1.165, 1.54) is 4.90 Å². The van der Waals surface area contributed by atoms with Gasteiger partial charge in [0, 0.05) is 16.0 Å². The molecule has 0 unspecified atom stereocenters. The van der Waals surface area contributed by atoms with Crippen molar-refractivity contribution in [2.75, 3.05) is 5.88 Å². The Hall–Kier alpha value is -0.180. The van der Waals surface area contributed by atoms with Crippen molar-refractivity contribution in [2.45, 2.75) is 42.9 Å². The van der Waals surface area contributed by atoms with Gasteiger partial charge in [0.1, 0.15) is 0 Å². The first kappa shape index (κ1) is 14.9. The standard InChI is InChI=1S/C14H21ClOS/c1-3-7-13(14(16)11(2)10-15)17-12-8-5-4-6-9-12/h4-6,8-9,11,13-14,16H,3,7,10H2,1-2H3/t11-,13+,14-/m1/s1. The van der Waals surface area contributed by atoms with E-state index in [9.17, 15) is 5.11 Å². The molecular weight excluding hydrogens is 252 g/mol. The SMILES string of the molecule is CCC[C@H](Sc1ccccc1)[C@H](O)[C@H](C)CCl. The molecule has 0 spiro atoms. The predicted molar refractivity (Wildman–Crippen MR) is 76.9 cm³/mol. The van der Waals surface area contributed by atoms with Crippen LogP contribution >= 0.6 is 23.4 Å². The second kappa shape index (κ2) is 8.02. The Bertz CT molecular complexity index is 304. The first-order valence-electron chi connectivity index (χ1n) is 6.14. The molecule has 1 nitrogen and oxygen atoms in total. The molecule has 0 amide bonds. The average Bonchev–Trinajstić information content (AvgIpc) is 2.37. The highest BCUT2D eigenvalue weighted by Crippen LogP contribution is 2.31. The highest BCUT2D eigenvalue weighted by molar-refractivity contribution is 8.00. The Labute approximate surface area is 114 Å². The van der Waals surface area contributed by atoms with Crippen LogP contribution in [0.4, 0.5) is 0 Å². The van der Waals surface area contributed by atoms with Gasteiger partial charge in [-0.1, -0.05) is 38.5 Å². The summed E-state index contributed by atoms with van der Waals surface area (Å²) in [6.45, 7) is 4.16. The summed E-state index contributed by atoms with van der Waals surface area (Å²) in [6, 6.07) is 10.2. The molecule has 96 valence electrons. The van der Waals surface area contributed by atoms with Crippen molar-refractivity contribution in [1.29, 1.82) is 0 Å². The number of thioether (sulfide) groups is 1. The lowest BCUT2D eigenvalue weighted by molar-refractivity contribution is 0.121. The lowest BCUT2D eigenvalue weighted by atomic mass is 10.0. The Morgan fingerprint density at radius 3 is 2.47 bits per heavy atom. The maximum atomic E-state index is 10.3. The predicted octanol–water partition coefficient (Wildman–Crippen LogP) is 4.18. The van der Waals surface area contributed by atoms with Crippen LogP contribution in [0.5, 0.6) is 0 Å². The second-order valence-electron chi connectivity index (χ2n) is 4.38. The lowest BCUT2D eigenvalue weighted by Crippen LogP contribution is -2.30.